The number of nitrogens with one attached hydrogen (secondary N) is 1. The Morgan fingerprint density at radius 3 is 2.57 bits per heavy atom. The summed E-state index contributed by atoms with van der Waals surface area (Å²) in [6, 6.07) is 20.9. The van der Waals surface area contributed by atoms with E-state index in [4.69, 9.17) is 4.74 Å². The Morgan fingerprint density at radius 2 is 1.83 bits per heavy atom. The second-order valence-electron chi connectivity index (χ2n) is 8.09. The molecule has 3 aromatic rings. The number of thioether (sulfide) groups is 1. The summed E-state index contributed by atoms with van der Waals surface area (Å²) < 4.78 is 6.79. The van der Waals surface area contributed by atoms with E-state index in [2.05, 4.69) is 21.2 Å². The van der Waals surface area contributed by atoms with Gasteiger partial charge in [-0.3, -0.25) is 19.3 Å². The molecular weight excluding hydrogens is 528 g/mol. The third kappa shape index (κ3) is 6.21. The van der Waals surface area contributed by atoms with Crippen LogP contribution in [-0.2, 0) is 16.2 Å². The number of ether oxygens (including phenoxy) is 1. The van der Waals surface area contributed by atoms with Crippen molar-refractivity contribution in [3.63, 3.8) is 0 Å². The predicted octanol–water partition coefficient (Wildman–Crippen LogP) is 6.32. The minimum atomic E-state index is -0.509. The molecule has 4 rings (SSSR count). The fourth-order valence-electron chi connectivity index (χ4n) is 3.56. The Balaban J connectivity index is 1.48. The SMILES string of the molecule is Cc1ccc(NC(=O)CN2C(=O)S/C(=C\c3cc(Br)ccc3OCc3ccccc3)C2=O)c(C)c1. The summed E-state index contributed by atoms with van der Waals surface area (Å²) in [4.78, 5) is 39.3. The van der Waals surface area contributed by atoms with Crippen LogP contribution in [0.3, 0.4) is 0 Å². The molecule has 1 N–H and O–H groups in total. The maximum absolute atomic E-state index is 13.0. The molecule has 0 aromatic heterocycles. The van der Waals surface area contributed by atoms with Crippen molar-refractivity contribution in [3.8, 4) is 5.75 Å². The van der Waals surface area contributed by atoms with Crippen molar-refractivity contribution in [2.75, 3.05) is 11.9 Å². The second-order valence-corrected chi connectivity index (χ2v) is 10.00. The van der Waals surface area contributed by atoms with Gasteiger partial charge in [0.2, 0.25) is 5.91 Å². The van der Waals surface area contributed by atoms with Crippen LogP contribution < -0.4 is 10.1 Å². The Labute approximate surface area is 216 Å². The molecule has 35 heavy (non-hydrogen) atoms. The van der Waals surface area contributed by atoms with Gasteiger partial charge in [0.05, 0.1) is 4.91 Å². The normalized spacial score (nSPS) is 14.5. The van der Waals surface area contributed by atoms with E-state index in [0.717, 1.165) is 37.8 Å². The fraction of sp³-hybridized carbons (Fsp3) is 0.148. The van der Waals surface area contributed by atoms with Crippen LogP contribution >= 0.6 is 27.7 Å². The zero-order valence-corrected chi connectivity index (χ0v) is 21.6. The minimum Gasteiger partial charge on any atom is -0.488 e. The summed E-state index contributed by atoms with van der Waals surface area (Å²) in [6.45, 7) is 3.87. The van der Waals surface area contributed by atoms with Crippen LogP contribution in [0.5, 0.6) is 5.75 Å². The number of nitrogens with zero attached hydrogens (tertiary/aromatic N) is 1. The highest BCUT2D eigenvalue weighted by Crippen LogP contribution is 2.35. The Kier molecular flexibility index (Phi) is 7.73. The fourth-order valence-corrected chi connectivity index (χ4v) is 4.77. The average molecular weight is 551 g/mol. The Hall–Kier alpha value is -3.36. The van der Waals surface area contributed by atoms with Gasteiger partial charge in [-0.25, -0.2) is 0 Å². The van der Waals surface area contributed by atoms with Crippen molar-refractivity contribution in [1.29, 1.82) is 0 Å². The molecule has 0 bridgehead atoms. The monoisotopic (exact) mass is 550 g/mol. The molecule has 0 radical (unpaired) electrons. The topological polar surface area (TPSA) is 75.7 Å². The van der Waals surface area contributed by atoms with Gasteiger partial charge < -0.3 is 10.1 Å². The molecule has 1 aliphatic heterocycles. The molecule has 0 aliphatic carbocycles. The molecule has 0 spiro atoms. The largest absolute Gasteiger partial charge is 0.488 e. The predicted molar refractivity (Wildman–Crippen MR) is 142 cm³/mol. The van der Waals surface area contributed by atoms with Crippen LogP contribution in [0, 0.1) is 13.8 Å². The maximum Gasteiger partial charge on any atom is 0.294 e. The smallest absolute Gasteiger partial charge is 0.294 e. The number of hydrogen-bond acceptors (Lipinski definition) is 5. The summed E-state index contributed by atoms with van der Waals surface area (Å²) >= 11 is 4.25. The van der Waals surface area contributed by atoms with Crippen LogP contribution in [-0.4, -0.2) is 28.5 Å². The molecule has 1 aliphatic rings. The number of anilines is 1. The van der Waals surface area contributed by atoms with E-state index in [0.29, 0.717) is 23.6 Å². The van der Waals surface area contributed by atoms with Crippen molar-refractivity contribution in [2.24, 2.45) is 0 Å². The van der Waals surface area contributed by atoms with E-state index in [1.165, 1.54) is 0 Å². The molecule has 3 aromatic carbocycles. The molecule has 1 fully saturated rings. The van der Waals surface area contributed by atoms with Crippen molar-refractivity contribution >= 4 is 56.5 Å². The summed E-state index contributed by atoms with van der Waals surface area (Å²) in [5.41, 5.74) is 4.30. The van der Waals surface area contributed by atoms with Crippen LogP contribution in [0.2, 0.25) is 0 Å². The van der Waals surface area contributed by atoms with Gasteiger partial charge in [-0.1, -0.05) is 64.0 Å². The third-order valence-corrected chi connectivity index (χ3v) is 6.73. The average Bonchev–Trinajstić information content (AvgIpc) is 3.08. The molecule has 1 saturated heterocycles. The lowest BCUT2D eigenvalue weighted by atomic mass is 10.1. The summed E-state index contributed by atoms with van der Waals surface area (Å²) in [5, 5.41) is 2.29. The number of aryl methyl sites for hydroxylation is 2. The second kappa shape index (κ2) is 10.9. The summed E-state index contributed by atoms with van der Waals surface area (Å²) in [7, 11) is 0. The summed E-state index contributed by atoms with van der Waals surface area (Å²) in [6.07, 6.45) is 1.62. The Morgan fingerprint density at radius 1 is 1.06 bits per heavy atom. The first-order valence-corrected chi connectivity index (χ1v) is 12.5. The first kappa shape index (κ1) is 24.8. The highest BCUT2D eigenvalue weighted by atomic mass is 79.9. The van der Waals surface area contributed by atoms with E-state index in [1.807, 2.05) is 68.4 Å². The highest BCUT2D eigenvalue weighted by molar-refractivity contribution is 9.10. The molecule has 6 nitrogen and oxygen atoms in total. The van der Waals surface area contributed by atoms with Crippen LogP contribution in [0.4, 0.5) is 10.5 Å². The van der Waals surface area contributed by atoms with E-state index in [9.17, 15) is 14.4 Å². The van der Waals surface area contributed by atoms with E-state index >= 15 is 0 Å². The number of carbonyl (C=O) groups excluding carboxylic acids is 3. The van der Waals surface area contributed by atoms with Gasteiger partial charge in [-0.05, 0) is 67.1 Å². The summed E-state index contributed by atoms with van der Waals surface area (Å²) in [5.74, 6) is -0.365. The van der Waals surface area contributed by atoms with E-state index in [1.54, 1.807) is 18.2 Å². The molecular formula is C27H23BrN2O4S. The number of rotatable bonds is 7. The lowest BCUT2D eigenvalue weighted by Crippen LogP contribution is -2.36. The van der Waals surface area contributed by atoms with Gasteiger partial charge >= 0.3 is 0 Å². The van der Waals surface area contributed by atoms with E-state index in [-0.39, 0.29) is 11.4 Å². The molecule has 8 heteroatoms. The first-order valence-electron chi connectivity index (χ1n) is 10.9. The zero-order valence-electron chi connectivity index (χ0n) is 19.2. The van der Waals surface area contributed by atoms with Gasteiger partial charge in [0.1, 0.15) is 18.9 Å². The van der Waals surface area contributed by atoms with Crippen molar-refractivity contribution < 1.29 is 19.1 Å². The van der Waals surface area contributed by atoms with E-state index < -0.39 is 17.1 Å². The number of amides is 3. The van der Waals surface area contributed by atoms with Gasteiger partial charge in [0.25, 0.3) is 11.1 Å². The highest BCUT2D eigenvalue weighted by Gasteiger charge is 2.36. The lowest BCUT2D eigenvalue weighted by molar-refractivity contribution is -0.127. The van der Waals surface area contributed by atoms with Gasteiger partial charge in [-0.15, -0.1) is 0 Å². The molecule has 0 saturated carbocycles. The number of benzene rings is 3. The molecule has 3 amide bonds. The number of hydrogen-bond donors (Lipinski definition) is 1. The van der Waals surface area contributed by atoms with Crippen molar-refractivity contribution in [3.05, 3.63) is 98.4 Å². The quantitative estimate of drug-likeness (QED) is 0.348. The van der Waals surface area contributed by atoms with Gasteiger partial charge in [-0.2, -0.15) is 0 Å². The third-order valence-electron chi connectivity index (χ3n) is 5.33. The van der Waals surface area contributed by atoms with Gasteiger partial charge in [0.15, 0.2) is 0 Å². The lowest BCUT2D eigenvalue weighted by Gasteiger charge is -2.14. The number of halogens is 1. The van der Waals surface area contributed by atoms with Crippen molar-refractivity contribution in [2.45, 2.75) is 20.5 Å². The van der Waals surface area contributed by atoms with Crippen LogP contribution in [0.25, 0.3) is 6.08 Å². The van der Waals surface area contributed by atoms with Crippen LogP contribution in [0.1, 0.15) is 22.3 Å². The van der Waals surface area contributed by atoms with Crippen LogP contribution in [0.15, 0.2) is 76.1 Å². The van der Waals surface area contributed by atoms with Crippen molar-refractivity contribution in [1.82, 2.24) is 4.90 Å². The maximum atomic E-state index is 13.0. The molecule has 1 heterocycles. The van der Waals surface area contributed by atoms with Gasteiger partial charge in [0, 0.05) is 15.7 Å². The molecule has 178 valence electrons. The zero-order chi connectivity index (χ0) is 24.9. The Bertz CT molecular complexity index is 1320. The minimum absolute atomic E-state index is 0.233. The first-order chi connectivity index (χ1) is 16.8. The molecule has 0 unspecified atom stereocenters. The number of carbonyl (C=O) groups is 3. The number of imide groups is 1. The molecule has 0 atom stereocenters. The standard InChI is InChI=1S/C27H23BrN2O4S/c1-17-8-10-22(18(2)12-17)29-25(31)15-30-26(32)24(35-27(30)33)14-20-13-21(28)9-11-23(20)34-16-19-6-4-3-5-7-19/h3-14H,15-16H2,1-2H3,(H,29,31)/b24-14-.